The number of fused-ring (bicyclic) bond motifs is 1. The Morgan fingerprint density at radius 3 is 3.00 bits per heavy atom. The first kappa shape index (κ1) is 14.0. The van der Waals surface area contributed by atoms with Crippen LogP contribution in [0.25, 0.3) is 5.65 Å². The number of hydrogen-bond acceptors (Lipinski definition) is 3. The van der Waals surface area contributed by atoms with Crippen LogP contribution in [0.2, 0.25) is 0 Å². The number of carbonyl (C=O) groups is 1. The highest BCUT2D eigenvalue weighted by Crippen LogP contribution is 2.35. The van der Waals surface area contributed by atoms with Crippen LogP contribution in [0.5, 0.6) is 0 Å². The van der Waals surface area contributed by atoms with E-state index < -0.39 is 0 Å². The second-order valence-corrected chi connectivity index (χ2v) is 6.66. The fourth-order valence-electron chi connectivity index (χ4n) is 3.12. The summed E-state index contributed by atoms with van der Waals surface area (Å²) in [6, 6.07) is 2.10. The molecule has 112 valence electrons. The van der Waals surface area contributed by atoms with Crippen molar-refractivity contribution in [2.45, 2.75) is 52.5 Å². The van der Waals surface area contributed by atoms with E-state index in [9.17, 15) is 4.79 Å². The molecule has 5 nitrogen and oxygen atoms in total. The van der Waals surface area contributed by atoms with Crippen LogP contribution in [-0.4, -0.2) is 26.5 Å². The molecule has 1 aliphatic rings. The summed E-state index contributed by atoms with van der Waals surface area (Å²) in [5.74, 6) is -0.0666. The van der Waals surface area contributed by atoms with E-state index in [1.54, 1.807) is 10.7 Å². The quantitative estimate of drug-likeness (QED) is 0.923. The highest BCUT2D eigenvalue weighted by Gasteiger charge is 2.33. The van der Waals surface area contributed by atoms with Crippen LogP contribution in [-0.2, 0) is 0 Å². The van der Waals surface area contributed by atoms with E-state index in [1.165, 1.54) is 12.8 Å². The fourth-order valence-corrected chi connectivity index (χ4v) is 3.12. The van der Waals surface area contributed by atoms with Crippen molar-refractivity contribution in [1.82, 2.24) is 19.9 Å². The predicted molar refractivity (Wildman–Crippen MR) is 81.2 cm³/mol. The van der Waals surface area contributed by atoms with Gasteiger partial charge >= 0.3 is 0 Å². The first-order valence-corrected chi connectivity index (χ1v) is 7.59. The Hall–Kier alpha value is -1.91. The van der Waals surface area contributed by atoms with Gasteiger partial charge in [-0.2, -0.15) is 5.10 Å². The molecule has 1 fully saturated rings. The van der Waals surface area contributed by atoms with Gasteiger partial charge in [0.15, 0.2) is 5.65 Å². The Labute approximate surface area is 124 Å². The molecule has 5 heteroatoms. The van der Waals surface area contributed by atoms with Gasteiger partial charge in [-0.15, -0.1) is 0 Å². The van der Waals surface area contributed by atoms with Gasteiger partial charge in [0, 0.05) is 17.9 Å². The normalized spacial score (nSPS) is 21.4. The zero-order chi connectivity index (χ0) is 15.0. The summed E-state index contributed by atoms with van der Waals surface area (Å²) in [7, 11) is 0. The highest BCUT2D eigenvalue weighted by atomic mass is 16.1. The van der Waals surface area contributed by atoms with E-state index >= 15 is 0 Å². The summed E-state index contributed by atoms with van der Waals surface area (Å²) in [6.45, 7) is 6.38. The minimum atomic E-state index is -0.0666. The number of nitrogens with one attached hydrogen (secondary N) is 1. The van der Waals surface area contributed by atoms with Crippen LogP contribution in [0.3, 0.4) is 0 Å². The van der Waals surface area contributed by atoms with Gasteiger partial charge in [0.25, 0.3) is 5.91 Å². The Morgan fingerprint density at radius 2 is 2.24 bits per heavy atom. The number of aromatic nitrogens is 3. The van der Waals surface area contributed by atoms with Crippen LogP contribution in [0.15, 0.2) is 18.5 Å². The van der Waals surface area contributed by atoms with Crippen molar-refractivity contribution in [3.8, 4) is 0 Å². The molecule has 0 aromatic carbocycles. The molecular formula is C16H22N4O. The van der Waals surface area contributed by atoms with E-state index in [4.69, 9.17) is 0 Å². The Bertz CT molecular complexity index is 674. The van der Waals surface area contributed by atoms with Gasteiger partial charge < -0.3 is 5.32 Å². The molecule has 21 heavy (non-hydrogen) atoms. The van der Waals surface area contributed by atoms with Crippen LogP contribution in [0, 0.1) is 12.3 Å². The van der Waals surface area contributed by atoms with Gasteiger partial charge in [0.05, 0.1) is 6.20 Å². The largest absolute Gasteiger partial charge is 0.349 e. The van der Waals surface area contributed by atoms with Crippen LogP contribution < -0.4 is 5.32 Å². The predicted octanol–water partition coefficient (Wildman–Crippen LogP) is 2.74. The molecule has 0 aliphatic heterocycles. The van der Waals surface area contributed by atoms with Gasteiger partial charge in [0.1, 0.15) is 5.56 Å². The van der Waals surface area contributed by atoms with Gasteiger partial charge in [-0.05, 0) is 31.2 Å². The molecule has 0 bridgehead atoms. The van der Waals surface area contributed by atoms with Gasteiger partial charge in [-0.3, -0.25) is 4.79 Å². The van der Waals surface area contributed by atoms with E-state index in [2.05, 4.69) is 29.2 Å². The second kappa shape index (κ2) is 5.13. The van der Waals surface area contributed by atoms with E-state index in [0.29, 0.717) is 11.2 Å². The third kappa shape index (κ3) is 2.64. The van der Waals surface area contributed by atoms with Crippen LogP contribution in [0.1, 0.15) is 55.6 Å². The lowest BCUT2D eigenvalue weighted by Gasteiger charge is -2.38. The number of amides is 1. The SMILES string of the molecule is Cc1ccn2ncc(C(=O)NC3CCCCC3(C)C)c2n1. The van der Waals surface area contributed by atoms with Gasteiger partial charge in [-0.25, -0.2) is 9.50 Å². The zero-order valence-corrected chi connectivity index (χ0v) is 12.9. The topological polar surface area (TPSA) is 59.3 Å². The van der Waals surface area contributed by atoms with Crippen molar-refractivity contribution in [3.05, 3.63) is 29.7 Å². The van der Waals surface area contributed by atoms with Crippen molar-refractivity contribution in [3.63, 3.8) is 0 Å². The lowest BCUT2D eigenvalue weighted by molar-refractivity contribution is 0.0855. The molecule has 1 N–H and O–H groups in total. The molecule has 2 aromatic rings. The third-order valence-electron chi connectivity index (χ3n) is 4.57. The molecule has 1 unspecified atom stereocenters. The lowest BCUT2D eigenvalue weighted by Crippen LogP contribution is -2.46. The van der Waals surface area contributed by atoms with E-state index in [-0.39, 0.29) is 17.4 Å². The summed E-state index contributed by atoms with van der Waals surface area (Å²) in [5, 5.41) is 7.39. The minimum Gasteiger partial charge on any atom is -0.349 e. The summed E-state index contributed by atoms with van der Waals surface area (Å²) in [4.78, 5) is 17.0. The second-order valence-electron chi connectivity index (χ2n) is 6.66. The maximum Gasteiger partial charge on any atom is 0.257 e. The first-order valence-electron chi connectivity index (χ1n) is 7.59. The number of nitrogens with zero attached hydrogens (tertiary/aromatic N) is 3. The monoisotopic (exact) mass is 286 g/mol. The molecule has 2 heterocycles. The van der Waals surface area contributed by atoms with Crippen molar-refractivity contribution in [2.24, 2.45) is 5.41 Å². The molecule has 1 amide bonds. The molecule has 0 saturated heterocycles. The van der Waals surface area contributed by atoms with Gasteiger partial charge in [-0.1, -0.05) is 26.7 Å². The number of aryl methyl sites for hydroxylation is 1. The maximum absolute atomic E-state index is 12.6. The Kier molecular flexibility index (Phi) is 3.43. The molecule has 2 aromatic heterocycles. The third-order valence-corrected chi connectivity index (χ3v) is 4.57. The van der Waals surface area contributed by atoms with Gasteiger partial charge in [0.2, 0.25) is 0 Å². The summed E-state index contributed by atoms with van der Waals surface area (Å²) in [6.07, 6.45) is 8.07. The smallest absolute Gasteiger partial charge is 0.257 e. The first-order chi connectivity index (χ1) is 9.97. The molecule has 1 atom stereocenters. The fraction of sp³-hybridized carbons (Fsp3) is 0.562. The summed E-state index contributed by atoms with van der Waals surface area (Å²) >= 11 is 0. The average Bonchev–Trinajstić information content (AvgIpc) is 2.84. The molecular weight excluding hydrogens is 264 g/mol. The van der Waals surface area contributed by atoms with Crippen molar-refractivity contribution in [2.75, 3.05) is 0 Å². The van der Waals surface area contributed by atoms with Crippen molar-refractivity contribution < 1.29 is 4.79 Å². The summed E-state index contributed by atoms with van der Waals surface area (Å²) in [5.41, 5.74) is 2.22. The molecule has 1 saturated carbocycles. The van der Waals surface area contributed by atoms with E-state index in [0.717, 1.165) is 18.5 Å². The molecule has 0 spiro atoms. The Morgan fingerprint density at radius 1 is 1.43 bits per heavy atom. The molecule has 0 radical (unpaired) electrons. The van der Waals surface area contributed by atoms with Crippen LogP contribution in [0.4, 0.5) is 0 Å². The average molecular weight is 286 g/mol. The number of hydrogen-bond donors (Lipinski definition) is 1. The molecule has 1 aliphatic carbocycles. The summed E-state index contributed by atoms with van der Waals surface area (Å²) < 4.78 is 1.65. The highest BCUT2D eigenvalue weighted by molar-refractivity contribution is 5.99. The minimum absolute atomic E-state index is 0.0666. The van der Waals surface area contributed by atoms with Crippen molar-refractivity contribution in [1.29, 1.82) is 0 Å². The zero-order valence-electron chi connectivity index (χ0n) is 12.9. The number of carbonyl (C=O) groups excluding carboxylic acids is 1. The maximum atomic E-state index is 12.6. The standard InChI is InChI=1S/C16H22N4O/c1-11-7-9-20-14(18-11)12(10-17-20)15(21)19-13-6-4-5-8-16(13,2)3/h7,9-10,13H,4-6,8H2,1-3H3,(H,19,21). The number of rotatable bonds is 2. The lowest BCUT2D eigenvalue weighted by atomic mass is 9.73. The Balaban J connectivity index is 1.85. The molecule has 3 rings (SSSR count). The van der Waals surface area contributed by atoms with E-state index in [1.807, 2.05) is 19.2 Å². The van der Waals surface area contributed by atoms with Crippen molar-refractivity contribution >= 4 is 11.6 Å². The van der Waals surface area contributed by atoms with Crippen LogP contribution >= 0.6 is 0 Å².